The first-order chi connectivity index (χ1) is 8.81. The van der Waals surface area contributed by atoms with Gasteiger partial charge in [-0.15, -0.1) is 24.8 Å². The first-order valence-electron chi connectivity index (χ1n) is 6.43. The van der Waals surface area contributed by atoms with E-state index in [0.717, 1.165) is 0 Å². The SMILES string of the molecule is CC(C)Nc1ccc(F)cc1NC(=O)C(C)C(C)N.Cl.Cl. The standard InChI is InChI=1S/C14H22FN3O.2ClH/c1-8(2)17-12-6-5-11(15)7-13(12)18-14(19)9(3)10(4)16;;/h5-10,17H,16H2,1-4H3,(H,18,19);2*1H. The van der Waals surface area contributed by atoms with E-state index < -0.39 is 5.82 Å². The normalized spacial score (nSPS) is 12.7. The predicted octanol–water partition coefficient (Wildman–Crippen LogP) is 3.41. The minimum Gasteiger partial charge on any atom is -0.381 e. The molecule has 4 N–H and O–H groups in total. The fourth-order valence-electron chi connectivity index (χ4n) is 1.54. The van der Waals surface area contributed by atoms with Gasteiger partial charge in [0, 0.05) is 12.1 Å². The van der Waals surface area contributed by atoms with Crippen molar-refractivity contribution in [2.24, 2.45) is 11.7 Å². The number of rotatable bonds is 5. The number of benzene rings is 1. The Morgan fingerprint density at radius 1 is 1.14 bits per heavy atom. The zero-order valence-corrected chi connectivity index (χ0v) is 14.3. The number of anilines is 2. The number of carbonyl (C=O) groups excluding carboxylic acids is 1. The third-order valence-corrected chi connectivity index (χ3v) is 2.89. The minimum atomic E-state index is -0.391. The van der Waals surface area contributed by atoms with Gasteiger partial charge in [-0.1, -0.05) is 6.92 Å². The lowest BCUT2D eigenvalue weighted by molar-refractivity contribution is -0.119. The van der Waals surface area contributed by atoms with Crippen LogP contribution in [0.3, 0.4) is 0 Å². The number of hydrogen-bond acceptors (Lipinski definition) is 3. The second-order valence-electron chi connectivity index (χ2n) is 5.13. The van der Waals surface area contributed by atoms with Crippen LogP contribution in [0.25, 0.3) is 0 Å². The second kappa shape index (κ2) is 9.82. The Kier molecular flexibility index (Phi) is 10.4. The summed E-state index contributed by atoms with van der Waals surface area (Å²) < 4.78 is 13.3. The second-order valence-corrected chi connectivity index (χ2v) is 5.13. The molecule has 0 aliphatic rings. The fourth-order valence-corrected chi connectivity index (χ4v) is 1.54. The van der Waals surface area contributed by atoms with E-state index in [1.165, 1.54) is 12.1 Å². The van der Waals surface area contributed by atoms with Crippen LogP contribution in [0.2, 0.25) is 0 Å². The van der Waals surface area contributed by atoms with Crippen molar-refractivity contribution >= 4 is 42.1 Å². The van der Waals surface area contributed by atoms with Gasteiger partial charge in [-0.3, -0.25) is 4.79 Å². The van der Waals surface area contributed by atoms with Gasteiger partial charge in [0.25, 0.3) is 0 Å². The molecule has 7 heteroatoms. The highest BCUT2D eigenvalue weighted by Crippen LogP contribution is 2.24. The van der Waals surface area contributed by atoms with Gasteiger partial charge < -0.3 is 16.4 Å². The molecule has 4 nitrogen and oxygen atoms in total. The van der Waals surface area contributed by atoms with Gasteiger partial charge in [0.2, 0.25) is 5.91 Å². The third kappa shape index (κ3) is 6.98. The molecule has 0 radical (unpaired) electrons. The zero-order valence-electron chi connectivity index (χ0n) is 12.6. The number of amides is 1. The van der Waals surface area contributed by atoms with Crippen LogP contribution < -0.4 is 16.4 Å². The molecule has 0 saturated heterocycles. The van der Waals surface area contributed by atoms with Crippen molar-refractivity contribution in [3.8, 4) is 0 Å². The first kappa shape index (κ1) is 22.2. The predicted molar refractivity (Wildman–Crippen MR) is 91.1 cm³/mol. The lowest BCUT2D eigenvalue weighted by atomic mass is 10.0. The molecule has 0 saturated carbocycles. The summed E-state index contributed by atoms with van der Waals surface area (Å²) in [7, 11) is 0. The van der Waals surface area contributed by atoms with Crippen LogP contribution in [0.4, 0.5) is 15.8 Å². The van der Waals surface area contributed by atoms with Crippen molar-refractivity contribution in [2.45, 2.75) is 39.8 Å². The molecule has 2 unspecified atom stereocenters. The van der Waals surface area contributed by atoms with Gasteiger partial charge in [0.05, 0.1) is 17.3 Å². The molecule has 0 aromatic heterocycles. The maximum Gasteiger partial charge on any atom is 0.228 e. The highest BCUT2D eigenvalue weighted by Gasteiger charge is 2.18. The number of nitrogens with two attached hydrogens (primary N) is 1. The summed E-state index contributed by atoms with van der Waals surface area (Å²) in [6.07, 6.45) is 0. The Bertz CT molecular complexity index is 456. The van der Waals surface area contributed by atoms with E-state index in [1.807, 2.05) is 13.8 Å². The quantitative estimate of drug-likeness (QED) is 0.769. The lowest BCUT2D eigenvalue weighted by Gasteiger charge is -2.19. The van der Waals surface area contributed by atoms with E-state index in [4.69, 9.17) is 5.73 Å². The third-order valence-electron chi connectivity index (χ3n) is 2.89. The molecule has 0 aliphatic heterocycles. The molecular weight excluding hydrogens is 316 g/mol. The summed E-state index contributed by atoms with van der Waals surface area (Å²) in [5.41, 5.74) is 6.82. The highest BCUT2D eigenvalue weighted by atomic mass is 35.5. The lowest BCUT2D eigenvalue weighted by Crippen LogP contribution is -2.34. The molecular formula is C14H24Cl2FN3O. The van der Waals surface area contributed by atoms with Crippen molar-refractivity contribution in [3.05, 3.63) is 24.0 Å². The Labute approximate surface area is 137 Å². The highest BCUT2D eigenvalue weighted by molar-refractivity contribution is 5.95. The average Bonchev–Trinajstić information content (AvgIpc) is 2.31. The van der Waals surface area contributed by atoms with Crippen LogP contribution in [-0.4, -0.2) is 18.0 Å². The Balaban J connectivity index is 0. The van der Waals surface area contributed by atoms with Crippen LogP contribution in [0.1, 0.15) is 27.7 Å². The van der Waals surface area contributed by atoms with E-state index in [1.54, 1.807) is 19.9 Å². The maximum atomic E-state index is 13.3. The molecule has 1 aromatic carbocycles. The van der Waals surface area contributed by atoms with Crippen LogP contribution in [0.15, 0.2) is 18.2 Å². The van der Waals surface area contributed by atoms with E-state index in [2.05, 4.69) is 10.6 Å². The summed E-state index contributed by atoms with van der Waals surface area (Å²) in [5, 5.41) is 5.88. The smallest absolute Gasteiger partial charge is 0.228 e. The zero-order chi connectivity index (χ0) is 14.6. The van der Waals surface area contributed by atoms with Crippen LogP contribution in [0.5, 0.6) is 0 Å². The topological polar surface area (TPSA) is 67.1 Å². The number of nitrogens with one attached hydrogen (secondary N) is 2. The molecule has 1 aromatic rings. The number of halogens is 3. The van der Waals surface area contributed by atoms with E-state index >= 15 is 0 Å². The average molecular weight is 340 g/mol. The van der Waals surface area contributed by atoms with E-state index in [9.17, 15) is 9.18 Å². The minimum absolute atomic E-state index is 0. The van der Waals surface area contributed by atoms with Gasteiger partial charge in [-0.2, -0.15) is 0 Å². The van der Waals surface area contributed by atoms with E-state index in [-0.39, 0.29) is 48.7 Å². The summed E-state index contributed by atoms with van der Waals surface area (Å²) in [6, 6.07) is 4.20. The monoisotopic (exact) mass is 339 g/mol. The van der Waals surface area contributed by atoms with Crippen molar-refractivity contribution in [1.82, 2.24) is 0 Å². The summed E-state index contributed by atoms with van der Waals surface area (Å²) in [4.78, 5) is 12.0. The molecule has 0 fully saturated rings. The van der Waals surface area contributed by atoms with Gasteiger partial charge in [0.1, 0.15) is 5.82 Å². The van der Waals surface area contributed by atoms with Crippen molar-refractivity contribution < 1.29 is 9.18 Å². The molecule has 122 valence electrons. The first-order valence-corrected chi connectivity index (χ1v) is 6.43. The molecule has 0 aliphatic carbocycles. The van der Waals surface area contributed by atoms with Crippen molar-refractivity contribution in [3.63, 3.8) is 0 Å². The molecule has 1 rings (SSSR count). The molecule has 0 spiro atoms. The molecule has 0 bridgehead atoms. The molecule has 21 heavy (non-hydrogen) atoms. The molecule has 2 atom stereocenters. The van der Waals surface area contributed by atoms with Gasteiger partial charge in [-0.05, 0) is 39.0 Å². The van der Waals surface area contributed by atoms with Gasteiger partial charge in [-0.25, -0.2) is 4.39 Å². The van der Waals surface area contributed by atoms with E-state index in [0.29, 0.717) is 11.4 Å². The summed E-state index contributed by atoms with van der Waals surface area (Å²) >= 11 is 0. The Morgan fingerprint density at radius 2 is 1.71 bits per heavy atom. The molecule has 0 heterocycles. The summed E-state index contributed by atoms with van der Waals surface area (Å²) in [5.74, 6) is -0.944. The van der Waals surface area contributed by atoms with Gasteiger partial charge in [0.15, 0.2) is 0 Å². The van der Waals surface area contributed by atoms with Crippen LogP contribution >= 0.6 is 24.8 Å². The molecule has 1 amide bonds. The van der Waals surface area contributed by atoms with Gasteiger partial charge >= 0.3 is 0 Å². The van der Waals surface area contributed by atoms with Crippen LogP contribution in [0, 0.1) is 11.7 Å². The fraction of sp³-hybridized carbons (Fsp3) is 0.500. The number of carbonyl (C=O) groups is 1. The largest absolute Gasteiger partial charge is 0.381 e. The maximum absolute atomic E-state index is 13.3. The Hall–Kier alpha value is -1.04. The Morgan fingerprint density at radius 3 is 2.19 bits per heavy atom. The van der Waals surface area contributed by atoms with Crippen LogP contribution in [-0.2, 0) is 4.79 Å². The summed E-state index contributed by atoms with van der Waals surface area (Å²) in [6.45, 7) is 7.46. The van der Waals surface area contributed by atoms with Crippen molar-refractivity contribution in [1.29, 1.82) is 0 Å². The van der Waals surface area contributed by atoms with Crippen molar-refractivity contribution in [2.75, 3.05) is 10.6 Å². The number of hydrogen-bond donors (Lipinski definition) is 3.